The molecule has 1 amide bonds. The molecule has 0 spiro atoms. The standard InChI is InChI=1S/C22H26FN5O3S2/c1-13(2)24-21(29)17-12-32-22(25-17)18-19(14-4-6-16(23)7-5-14)26-27-20(18)15-8-10-28(11-9-15)33(3,30)31/h4-7,12-13,15H,8-11H2,1-3H3,(H,24,29)(H,26,27). The Morgan fingerprint density at radius 1 is 1.24 bits per heavy atom. The molecule has 11 heteroatoms. The third-order valence-electron chi connectivity index (χ3n) is 5.61. The smallest absolute Gasteiger partial charge is 0.270 e. The van der Waals surface area contributed by atoms with Crippen molar-refractivity contribution >= 4 is 27.3 Å². The normalized spacial score (nSPS) is 15.8. The van der Waals surface area contributed by atoms with Crippen molar-refractivity contribution in [2.24, 2.45) is 0 Å². The van der Waals surface area contributed by atoms with Gasteiger partial charge in [0.25, 0.3) is 5.91 Å². The van der Waals surface area contributed by atoms with Crippen molar-refractivity contribution in [2.45, 2.75) is 38.6 Å². The van der Waals surface area contributed by atoms with Crippen LogP contribution in [0.4, 0.5) is 4.39 Å². The van der Waals surface area contributed by atoms with Crippen LogP contribution in [0.5, 0.6) is 0 Å². The SMILES string of the molecule is CC(C)NC(=O)c1csc(-c2c(-c3ccc(F)cc3)n[nH]c2C2CCN(S(C)(=O)=O)CC2)n1. The predicted molar refractivity (Wildman–Crippen MR) is 126 cm³/mol. The highest BCUT2D eigenvalue weighted by Crippen LogP contribution is 2.41. The fraction of sp³-hybridized carbons (Fsp3) is 0.409. The molecule has 0 unspecified atom stereocenters. The fourth-order valence-electron chi connectivity index (χ4n) is 3.99. The van der Waals surface area contributed by atoms with E-state index >= 15 is 0 Å². The molecule has 1 aliphatic rings. The lowest BCUT2D eigenvalue weighted by molar-refractivity contribution is 0.0939. The number of H-pyrrole nitrogens is 1. The fourth-order valence-corrected chi connectivity index (χ4v) is 5.72. The maximum Gasteiger partial charge on any atom is 0.270 e. The second-order valence-corrected chi connectivity index (χ2v) is 11.3. The van der Waals surface area contributed by atoms with Gasteiger partial charge in [-0.05, 0) is 51.0 Å². The van der Waals surface area contributed by atoms with E-state index < -0.39 is 10.0 Å². The van der Waals surface area contributed by atoms with Gasteiger partial charge in [-0.1, -0.05) is 0 Å². The highest BCUT2D eigenvalue weighted by Gasteiger charge is 2.31. The second-order valence-electron chi connectivity index (χ2n) is 8.47. The number of piperidine rings is 1. The number of carbonyl (C=O) groups is 1. The van der Waals surface area contributed by atoms with Gasteiger partial charge in [-0.25, -0.2) is 22.1 Å². The topological polar surface area (TPSA) is 108 Å². The number of nitrogens with one attached hydrogen (secondary N) is 2. The van der Waals surface area contributed by atoms with Gasteiger partial charge >= 0.3 is 0 Å². The third-order valence-corrected chi connectivity index (χ3v) is 7.78. The van der Waals surface area contributed by atoms with Crippen LogP contribution < -0.4 is 5.32 Å². The molecule has 1 aromatic carbocycles. The van der Waals surface area contributed by atoms with Crippen molar-refractivity contribution in [1.82, 2.24) is 24.8 Å². The molecule has 1 saturated heterocycles. The first-order valence-electron chi connectivity index (χ1n) is 10.7. The van der Waals surface area contributed by atoms with E-state index in [1.807, 2.05) is 13.8 Å². The maximum atomic E-state index is 13.5. The number of hydrogen-bond donors (Lipinski definition) is 2. The number of halogens is 1. The molecule has 0 atom stereocenters. The summed E-state index contributed by atoms with van der Waals surface area (Å²) in [6.45, 7) is 4.62. The summed E-state index contributed by atoms with van der Waals surface area (Å²) in [5.41, 5.74) is 3.31. The van der Waals surface area contributed by atoms with E-state index in [9.17, 15) is 17.6 Å². The minimum absolute atomic E-state index is 0.0121. The van der Waals surface area contributed by atoms with Gasteiger partial charge in [0.05, 0.1) is 11.8 Å². The molecular weight excluding hydrogens is 465 g/mol. The van der Waals surface area contributed by atoms with Crippen LogP contribution in [0.2, 0.25) is 0 Å². The average Bonchev–Trinajstić information content (AvgIpc) is 3.40. The number of aromatic amines is 1. The number of sulfonamides is 1. The molecule has 4 rings (SSSR count). The van der Waals surface area contributed by atoms with E-state index in [4.69, 9.17) is 0 Å². The average molecular weight is 492 g/mol. The van der Waals surface area contributed by atoms with Gasteiger partial charge < -0.3 is 5.32 Å². The highest BCUT2D eigenvalue weighted by atomic mass is 32.2. The lowest BCUT2D eigenvalue weighted by Crippen LogP contribution is -2.37. The minimum Gasteiger partial charge on any atom is -0.349 e. The molecule has 0 bridgehead atoms. The summed E-state index contributed by atoms with van der Waals surface area (Å²) in [4.78, 5) is 17.0. The summed E-state index contributed by atoms with van der Waals surface area (Å²) in [7, 11) is -3.23. The van der Waals surface area contributed by atoms with E-state index in [0.29, 0.717) is 42.3 Å². The molecule has 176 valence electrons. The van der Waals surface area contributed by atoms with Crippen LogP contribution >= 0.6 is 11.3 Å². The molecule has 3 aromatic rings. The number of hydrogen-bond acceptors (Lipinski definition) is 6. The quantitative estimate of drug-likeness (QED) is 0.548. The zero-order valence-electron chi connectivity index (χ0n) is 18.6. The summed E-state index contributed by atoms with van der Waals surface area (Å²) in [6, 6.07) is 6.06. The number of amides is 1. The summed E-state index contributed by atoms with van der Waals surface area (Å²) in [5.74, 6) is -0.537. The van der Waals surface area contributed by atoms with Crippen molar-refractivity contribution < 1.29 is 17.6 Å². The van der Waals surface area contributed by atoms with Crippen LogP contribution in [-0.4, -0.2) is 59.2 Å². The first-order chi connectivity index (χ1) is 15.6. The number of aromatic nitrogens is 3. The van der Waals surface area contributed by atoms with Crippen molar-refractivity contribution in [3.63, 3.8) is 0 Å². The summed E-state index contributed by atoms with van der Waals surface area (Å²) in [6.07, 6.45) is 2.50. The van der Waals surface area contributed by atoms with Gasteiger partial charge in [-0.2, -0.15) is 5.10 Å². The van der Waals surface area contributed by atoms with Gasteiger partial charge in [-0.15, -0.1) is 11.3 Å². The van der Waals surface area contributed by atoms with Crippen LogP contribution in [0.25, 0.3) is 21.8 Å². The number of carbonyl (C=O) groups excluding carboxylic acids is 1. The van der Waals surface area contributed by atoms with E-state index in [1.54, 1.807) is 17.5 Å². The molecule has 0 saturated carbocycles. The van der Waals surface area contributed by atoms with Crippen molar-refractivity contribution in [1.29, 1.82) is 0 Å². The third kappa shape index (κ3) is 5.15. The summed E-state index contributed by atoms with van der Waals surface area (Å²) < 4.78 is 38.8. The molecule has 8 nitrogen and oxygen atoms in total. The Kier molecular flexibility index (Phi) is 6.64. The van der Waals surface area contributed by atoms with Crippen LogP contribution in [0.1, 0.15) is 48.8 Å². The summed E-state index contributed by atoms with van der Waals surface area (Å²) in [5, 5.41) is 12.9. The number of nitrogens with zero attached hydrogens (tertiary/aromatic N) is 3. The Morgan fingerprint density at radius 3 is 2.52 bits per heavy atom. The zero-order valence-corrected chi connectivity index (χ0v) is 20.3. The molecule has 3 heterocycles. The number of rotatable bonds is 6. The molecule has 0 aliphatic carbocycles. The van der Waals surface area contributed by atoms with E-state index in [1.165, 1.54) is 34.0 Å². The Balaban J connectivity index is 1.72. The van der Waals surface area contributed by atoms with Crippen LogP contribution in [0, 0.1) is 5.82 Å². The minimum atomic E-state index is -3.23. The summed E-state index contributed by atoms with van der Waals surface area (Å²) >= 11 is 1.35. The lowest BCUT2D eigenvalue weighted by Gasteiger charge is -2.30. The Labute approximate surface area is 196 Å². The van der Waals surface area contributed by atoms with Gasteiger partial charge in [-0.3, -0.25) is 9.89 Å². The first-order valence-corrected chi connectivity index (χ1v) is 13.4. The van der Waals surface area contributed by atoms with Gasteiger partial charge in [0.2, 0.25) is 10.0 Å². The number of thiazole rings is 1. The van der Waals surface area contributed by atoms with Gasteiger partial charge in [0.1, 0.15) is 22.2 Å². The van der Waals surface area contributed by atoms with Crippen LogP contribution in [0.3, 0.4) is 0 Å². The van der Waals surface area contributed by atoms with Crippen LogP contribution in [-0.2, 0) is 10.0 Å². The van der Waals surface area contributed by atoms with E-state index in [2.05, 4.69) is 20.5 Å². The van der Waals surface area contributed by atoms with Crippen LogP contribution in [0.15, 0.2) is 29.6 Å². The zero-order chi connectivity index (χ0) is 23.8. The van der Waals surface area contributed by atoms with E-state index in [-0.39, 0.29) is 23.7 Å². The van der Waals surface area contributed by atoms with Gasteiger partial charge in [0, 0.05) is 41.7 Å². The molecule has 33 heavy (non-hydrogen) atoms. The van der Waals surface area contributed by atoms with Gasteiger partial charge in [0.15, 0.2) is 0 Å². The van der Waals surface area contributed by atoms with Crippen molar-refractivity contribution in [2.75, 3.05) is 19.3 Å². The van der Waals surface area contributed by atoms with Crippen molar-refractivity contribution in [3.8, 4) is 21.8 Å². The Bertz CT molecular complexity index is 1240. The lowest BCUT2D eigenvalue weighted by atomic mass is 9.91. The maximum absolute atomic E-state index is 13.5. The molecular formula is C22H26FN5O3S2. The van der Waals surface area contributed by atoms with E-state index in [0.717, 1.165) is 16.8 Å². The molecule has 2 aromatic heterocycles. The number of benzene rings is 1. The Morgan fingerprint density at radius 2 is 1.91 bits per heavy atom. The monoisotopic (exact) mass is 491 g/mol. The second kappa shape index (κ2) is 9.32. The predicted octanol–water partition coefficient (Wildman–Crippen LogP) is 3.62. The van der Waals surface area contributed by atoms with Crippen molar-refractivity contribution in [3.05, 3.63) is 46.9 Å². The Hall–Kier alpha value is -2.63. The highest BCUT2D eigenvalue weighted by molar-refractivity contribution is 7.88. The molecule has 1 fully saturated rings. The molecule has 0 radical (unpaired) electrons. The largest absolute Gasteiger partial charge is 0.349 e. The molecule has 1 aliphatic heterocycles. The molecule has 2 N–H and O–H groups in total. The first kappa shape index (κ1) is 23.5.